The van der Waals surface area contributed by atoms with Gasteiger partial charge in [-0.3, -0.25) is 0 Å². The molecule has 0 aromatic heterocycles. The lowest BCUT2D eigenvalue weighted by Gasteiger charge is -2.14. The second-order valence-electron chi connectivity index (χ2n) is 6.11. The fourth-order valence-corrected chi connectivity index (χ4v) is 3.02. The first kappa shape index (κ1) is 26.6. The smallest absolute Gasteiger partial charge is 0.124 e. The van der Waals surface area contributed by atoms with Crippen LogP contribution in [-0.2, 0) is 13.2 Å². The molecule has 8 heteroatoms. The largest absolute Gasteiger partial charge is 0.489 e. The van der Waals surface area contributed by atoms with Crippen LogP contribution in [0, 0.1) is 0 Å². The maximum atomic E-state index is 6.20. The van der Waals surface area contributed by atoms with E-state index in [1.807, 2.05) is 24.3 Å². The van der Waals surface area contributed by atoms with Crippen LogP contribution in [0.1, 0.15) is 17.5 Å². The molecule has 0 aliphatic heterocycles. The number of halogens is 5. The van der Waals surface area contributed by atoms with E-state index in [4.69, 9.17) is 39.5 Å². The molecule has 0 aliphatic rings. The van der Waals surface area contributed by atoms with E-state index in [9.17, 15) is 0 Å². The van der Waals surface area contributed by atoms with Crippen LogP contribution in [0.15, 0.2) is 36.4 Å². The van der Waals surface area contributed by atoms with Gasteiger partial charge in [-0.15, -0.1) is 24.8 Å². The Hall–Kier alpha value is -0.390. The lowest BCUT2D eigenvalue weighted by Crippen LogP contribution is -2.21. The summed E-state index contributed by atoms with van der Waals surface area (Å²) in [6.45, 7) is 3.08. The Morgan fingerprint density at radius 3 is 2.26 bits per heavy atom. The van der Waals surface area contributed by atoms with Crippen molar-refractivity contribution >= 4 is 59.6 Å². The van der Waals surface area contributed by atoms with E-state index < -0.39 is 0 Å². The number of hydrogen-bond acceptors (Lipinski definition) is 3. The van der Waals surface area contributed by atoms with E-state index in [1.165, 1.54) is 0 Å². The molecule has 3 nitrogen and oxygen atoms in total. The standard InChI is InChI=1S/C19H23Cl3N2O.2ClH/c1-24(2)9-3-8-23-12-15-10-16(20)6-7-19(15)25-13-14-4-5-17(21)11-18(14)22;;/h4-7,10-11,23H,3,8-9,12-13H2,1-2H3;2*1H. The molecular formula is C19H25Cl5N2O. The Balaban J connectivity index is 0.00000338. The summed E-state index contributed by atoms with van der Waals surface area (Å²) >= 11 is 18.3. The van der Waals surface area contributed by atoms with Gasteiger partial charge in [-0.2, -0.15) is 0 Å². The molecule has 0 amide bonds. The normalized spacial score (nSPS) is 10.3. The zero-order chi connectivity index (χ0) is 18.2. The monoisotopic (exact) mass is 472 g/mol. The first-order chi connectivity index (χ1) is 12.0. The van der Waals surface area contributed by atoms with Crippen molar-refractivity contribution < 1.29 is 4.74 Å². The third-order valence-electron chi connectivity index (χ3n) is 3.70. The number of benzene rings is 2. The molecule has 2 aromatic carbocycles. The Kier molecular flexibility index (Phi) is 13.5. The van der Waals surface area contributed by atoms with Crippen molar-refractivity contribution in [3.05, 3.63) is 62.6 Å². The van der Waals surface area contributed by atoms with Crippen molar-refractivity contribution in [2.24, 2.45) is 0 Å². The van der Waals surface area contributed by atoms with E-state index >= 15 is 0 Å². The van der Waals surface area contributed by atoms with E-state index in [0.717, 1.165) is 36.4 Å². The molecule has 0 bridgehead atoms. The third kappa shape index (κ3) is 9.58. The summed E-state index contributed by atoms with van der Waals surface area (Å²) in [4.78, 5) is 2.17. The predicted octanol–water partition coefficient (Wildman–Crippen LogP) is 6.11. The lowest BCUT2D eigenvalue weighted by atomic mass is 10.2. The van der Waals surface area contributed by atoms with Gasteiger partial charge < -0.3 is 15.0 Å². The van der Waals surface area contributed by atoms with E-state index in [2.05, 4.69) is 24.3 Å². The van der Waals surface area contributed by atoms with Crippen molar-refractivity contribution in [2.75, 3.05) is 27.2 Å². The van der Waals surface area contributed by atoms with Crippen LogP contribution >= 0.6 is 59.6 Å². The predicted molar refractivity (Wildman–Crippen MR) is 122 cm³/mol. The van der Waals surface area contributed by atoms with Crippen molar-refractivity contribution in [1.82, 2.24) is 10.2 Å². The zero-order valence-corrected chi connectivity index (χ0v) is 19.2. The van der Waals surface area contributed by atoms with Gasteiger partial charge in [-0.1, -0.05) is 40.9 Å². The summed E-state index contributed by atoms with van der Waals surface area (Å²) < 4.78 is 5.96. The summed E-state index contributed by atoms with van der Waals surface area (Å²) in [6, 6.07) is 11.1. The molecule has 0 fully saturated rings. The first-order valence-electron chi connectivity index (χ1n) is 8.16. The van der Waals surface area contributed by atoms with Gasteiger partial charge in [0.1, 0.15) is 12.4 Å². The molecule has 0 unspecified atom stereocenters. The van der Waals surface area contributed by atoms with Crippen molar-refractivity contribution in [1.29, 1.82) is 0 Å². The second kappa shape index (κ2) is 13.7. The van der Waals surface area contributed by atoms with Gasteiger partial charge in [-0.05, 0) is 63.9 Å². The van der Waals surface area contributed by atoms with E-state index in [0.29, 0.717) is 28.2 Å². The van der Waals surface area contributed by atoms with Crippen LogP contribution in [0.25, 0.3) is 0 Å². The molecule has 27 heavy (non-hydrogen) atoms. The van der Waals surface area contributed by atoms with Crippen molar-refractivity contribution in [2.45, 2.75) is 19.6 Å². The molecule has 2 aromatic rings. The minimum Gasteiger partial charge on any atom is -0.489 e. The summed E-state index contributed by atoms with van der Waals surface area (Å²) in [6.07, 6.45) is 1.09. The fourth-order valence-electron chi connectivity index (χ4n) is 2.36. The molecule has 2 rings (SSSR count). The van der Waals surface area contributed by atoms with Gasteiger partial charge >= 0.3 is 0 Å². The minimum absolute atomic E-state index is 0. The van der Waals surface area contributed by atoms with Crippen LogP contribution in [0.3, 0.4) is 0 Å². The second-order valence-corrected chi connectivity index (χ2v) is 7.39. The minimum atomic E-state index is 0. The van der Waals surface area contributed by atoms with Gasteiger partial charge in [0.05, 0.1) is 0 Å². The topological polar surface area (TPSA) is 24.5 Å². The number of nitrogens with one attached hydrogen (secondary N) is 1. The first-order valence-corrected chi connectivity index (χ1v) is 9.29. The highest BCUT2D eigenvalue weighted by Gasteiger charge is 2.07. The molecule has 1 N–H and O–H groups in total. The van der Waals surface area contributed by atoms with Gasteiger partial charge in [0, 0.05) is 32.7 Å². The molecule has 0 aliphatic carbocycles. The number of rotatable bonds is 9. The molecule has 0 saturated heterocycles. The lowest BCUT2D eigenvalue weighted by molar-refractivity contribution is 0.302. The van der Waals surface area contributed by atoms with E-state index in [-0.39, 0.29) is 24.8 Å². The highest BCUT2D eigenvalue weighted by molar-refractivity contribution is 6.35. The summed E-state index contributed by atoms with van der Waals surface area (Å²) in [7, 11) is 4.15. The van der Waals surface area contributed by atoms with Crippen LogP contribution in [0.4, 0.5) is 0 Å². The molecule has 152 valence electrons. The van der Waals surface area contributed by atoms with Crippen LogP contribution in [-0.4, -0.2) is 32.1 Å². The Labute approximate surface area is 189 Å². The van der Waals surface area contributed by atoms with Gasteiger partial charge in [0.15, 0.2) is 0 Å². The van der Waals surface area contributed by atoms with Crippen molar-refractivity contribution in [3.63, 3.8) is 0 Å². The summed E-state index contributed by atoms with van der Waals surface area (Å²) in [5.74, 6) is 0.801. The Morgan fingerprint density at radius 1 is 0.926 bits per heavy atom. The van der Waals surface area contributed by atoms with Crippen LogP contribution in [0.5, 0.6) is 5.75 Å². The molecule has 0 saturated carbocycles. The Bertz CT molecular complexity index is 698. The third-order valence-corrected chi connectivity index (χ3v) is 4.52. The van der Waals surface area contributed by atoms with Gasteiger partial charge in [-0.25, -0.2) is 0 Å². The summed E-state index contributed by atoms with van der Waals surface area (Å²) in [5, 5.41) is 5.34. The average Bonchev–Trinajstić information content (AvgIpc) is 2.55. The summed E-state index contributed by atoms with van der Waals surface area (Å²) in [5.41, 5.74) is 1.92. The zero-order valence-electron chi connectivity index (χ0n) is 15.3. The van der Waals surface area contributed by atoms with Crippen LogP contribution in [0.2, 0.25) is 15.1 Å². The number of hydrogen-bond donors (Lipinski definition) is 1. The van der Waals surface area contributed by atoms with Crippen molar-refractivity contribution in [3.8, 4) is 5.75 Å². The van der Waals surface area contributed by atoms with Gasteiger partial charge in [0.2, 0.25) is 0 Å². The maximum absolute atomic E-state index is 6.20. The number of nitrogens with zero attached hydrogens (tertiary/aromatic N) is 1. The molecule has 0 heterocycles. The highest BCUT2D eigenvalue weighted by atomic mass is 35.5. The molecule has 0 atom stereocenters. The fraction of sp³-hybridized carbons (Fsp3) is 0.368. The molecular weight excluding hydrogens is 449 g/mol. The SMILES string of the molecule is CN(C)CCCNCc1cc(Cl)ccc1OCc1ccc(Cl)cc1Cl.Cl.Cl. The van der Waals surface area contributed by atoms with Crippen LogP contribution < -0.4 is 10.1 Å². The molecule has 0 spiro atoms. The Morgan fingerprint density at radius 2 is 1.59 bits per heavy atom. The number of ether oxygens (including phenoxy) is 1. The quantitative estimate of drug-likeness (QED) is 0.444. The van der Waals surface area contributed by atoms with E-state index in [1.54, 1.807) is 12.1 Å². The maximum Gasteiger partial charge on any atom is 0.124 e. The van der Waals surface area contributed by atoms with Gasteiger partial charge in [0.25, 0.3) is 0 Å². The highest BCUT2D eigenvalue weighted by Crippen LogP contribution is 2.26. The average molecular weight is 475 g/mol. The molecule has 0 radical (unpaired) electrons.